The predicted octanol–water partition coefficient (Wildman–Crippen LogP) is 1.26. The summed E-state index contributed by atoms with van der Waals surface area (Å²) in [6.07, 6.45) is 6.83. The molecule has 1 saturated carbocycles. The molecule has 0 radical (unpaired) electrons. The quantitative estimate of drug-likeness (QED) is 0.647. The molecule has 0 bridgehead atoms. The fourth-order valence-corrected chi connectivity index (χ4v) is 3.57. The Morgan fingerprint density at radius 1 is 1.35 bits per heavy atom. The lowest BCUT2D eigenvalue weighted by atomic mass is 9.90. The zero-order valence-electron chi connectivity index (χ0n) is 14.2. The third-order valence-corrected chi connectivity index (χ3v) is 5.08. The third-order valence-electron chi connectivity index (χ3n) is 5.08. The van der Waals surface area contributed by atoms with Gasteiger partial charge in [0, 0.05) is 25.3 Å². The zero-order chi connectivity index (χ0) is 18.3. The molecule has 26 heavy (non-hydrogen) atoms. The number of hydrogen-bond acceptors (Lipinski definition) is 5. The summed E-state index contributed by atoms with van der Waals surface area (Å²) in [5.74, 6) is -0.186. The molecule has 10 nitrogen and oxygen atoms in total. The van der Waals surface area contributed by atoms with E-state index in [1.165, 1.54) is 4.90 Å². The summed E-state index contributed by atoms with van der Waals surface area (Å²) >= 11 is 0. The lowest BCUT2D eigenvalue weighted by Crippen LogP contribution is -2.44. The van der Waals surface area contributed by atoms with Gasteiger partial charge in [-0.25, -0.2) is 9.78 Å². The summed E-state index contributed by atoms with van der Waals surface area (Å²) in [7, 11) is 1.59. The highest BCUT2D eigenvalue weighted by Gasteiger charge is 2.28. The van der Waals surface area contributed by atoms with Crippen molar-refractivity contribution in [3.8, 4) is 0 Å². The van der Waals surface area contributed by atoms with Crippen LogP contribution in [0.2, 0.25) is 0 Å². The average molecular weight is 357 g/mol. The summed E-state index contributed by atoms with van der Waals surface area (Å²) < 4.78 is 1.73. The van der Waals surface area contributed by atoms with Gasteiger partial charge in [-0.2, -0.15) is 0 Å². The maximum absolute atomic E-state index is 12.8. The van der Waals surface area contributed by atoms with Crippen LogP contribution in [0.25, 0.3) is 16.8 Å². The largest absolute Gasteiger partial charge is 0.465 e. The number of fused-ring (bicyclic) bond motifs is 3. The SMILES string of the molecule is CN(C(=O)O)C1CCC(NC(=O)c2c[nH]c3ncc4nncn4c23)CC1. The van der Waals surface area contributed by atoms with Crippen LogP contribution in [0.15, 0.2) is 18.7 Å². The van der Waals surface area contributed by atoms with Crippen LogP contribution in [0.3, 0.4) is 0 Å². The Morgan fingerprint density at radius 2 is 2.12 bits per heavy atom. The third kappa shape index (κ3) is 2.72. The Labute approximate surface area is 148 Å². The minimum absolute atomic E-state index is 0.00888. The number of nitrogens with one attached hydrogen (secondary N) is 2. The summed E-state index contributed by atoms with van der Waals surface area (Å²) in [6.45, 7) is 0. The Kier molecular flexibility index (Phi) is 3.94. The molecule has 0 unspecified atom stereocenters. The van der Waals surface area contributed by atoms with E-state index in [4.69, 9.17) is 5.11 Å². The average Bonchev–Trinajstić information content (AvgIpc) is 3.27. The van der Waals surface area contributed by atoms with Gasteiger partial charge in [0.1, 0.15) is 11.8 Å². The molecule has 0 aromatic carbocycles. The van der Waals surface area contributed by atoms with Crippen LogP contribution in [0, 0.1) is 0 Å². The Bertz CT molecular complexity index is 971. The van der Waals surface area contributed by atoms with Gasteiger partial charge in [0.2, 0.25) is 0 Å². The molecule has 3 N–H and O–H groups in total. The molecule has 136 valence electrons. The van der Waals surface area contributed by atoms with E-state index in [-0.39, 0.29) is 18.0 Å². The summed E-state index contributed by atoms with van der Waals surface area (Å²) in [5, 5.41) is 19.9. The van der Waals surface area contributed by atoms with E-state index in [2.05, 4.69) is 25.5 Å². The van der Waals surface area contributed by atoms with Crippen molar-refractivity contribution in [1.82, 2.24) is 34.8 Å². The second-order valence-corrected chi connectivity index (χ2v) is 6.59. The first-order valence-electron chi connectivity index (χ1n) is 8.47. The maximum atomic E-state index is 12.8. The van der Waals surface area contributed by atoms with Gasteiger partial charge in [0.25, 0.3) is 5.91 Å². The molecule has 0 atom stereocenters. The van der Waals surface area contributed by atoms with Crippen molar-refractivity contribution in [3.63, 3.8) is 0 Å². The van der Waals surface area contributed by atoms with E-state index in [0.717, 1.165) is 25.7 Å². The summed E-state index contributed by atoms with van der Waals surface area (Å²) in [4.78, 5) is 32.4. The number of rotatable bonds is 3. The molecule has 0 saturated heterocycles. The second-order valence-electron chi connectivity index (χ2n) is 6.59. The van der Waals surface area contributed by atoms with Gasteiger partial charge in [0.15, 0.2) is 11.3 Å². The fourth-order valence-electron chi connectivity index (χ4n) is 3.57. The first-order valence-corrected chi connectivity index (χ1v) is 8.47. The van der Waals surface area contributed by atoms with E-state index in [0.29, 0.717) is 22.4 Å². The summed E-state index contributed by atoms with van der Waals surface area (Å²) in [5.41, 5.74) is 2.30. The van der Waals surface area contributed by atoms with E-state index < -0.39 is 6.09 Å². The first-order chi connectivity index (χ1) is 12.5. The van der Waals surface area contributed by atoms with Crippen molar-refractivity contribution in [2.24, 2.45) is 0 Å². The van der Waals surface area contributed by atoms with Gasteiger partial charge < -0.3 is 20.3 Å². The van der Waals surface area contributed by atoms with Gasteiger partial charge in [0.05, 0.1) is 11.8 Å². The van der Waals surface area contributed by atoms with Crippen LogP contribution in [-0.2, 0) is 0 Å². The molecule has 3 aromatic rings. The summed E-state index contributed by atoms with van der Waals surface area (Å²) in [6, 6.07) is 0.0357. The Balaban J connectivity index is 1.49. The van der Waals surface area contributed by atoms with Gasteiger partial charge in [-0.3, -0.25) is 9.20 Å². The van der Waals surface area contributed by atoms with Crippen molar-refractivity contribution in [2.45, 2.75) is 37.8 Å². The molecule has 0 spiro atoms. The molecular formula is C16H19N7O3. The number of aromatic nitrogens is 5. The van der Waals surface area contributed by atoms with Crippen LogP contribution in [0.1, 0.15) is 36.0 Å². The molecule has 10 heteroatoms. The highest BCUT2D eigenvalue weighted by atomic mass is 16.4. The van der Waals surface area contributed by atoms with Gasteiger partial charge in [-0.1, -0.05) is 0 Å². The number of carbonyl (C=O) groups excluding carboxylic acids is 1. The number of H-pyrrole nitrogens is 1. The van der Waals surface area contributed by atoms with Crippen molar-refractivity contribution < 1.29 is 14.7 Å². The number of carbonyl (C=O) groups is 2. The van der Waals surface area contributed by atoms with Crippen molar-refractivity contribution >= 4 is 28.8 Å². The molecule has 1 aliphatic rings. The second kappa shape index (κ2) is 6.28. The molecule has 4 rings (SSSR count). The van der Waals surface area contributed by atoms with Gasteiger partial charge >= 0.3 is 6.09 Å². The first kappa shape index (κ1) is 16.3. The lowest BCUT2D eigenvalue weighted by molar-refractivity contribution is 0.0903. The van der Waals surface area contributed by atoms with Crippen LogP contribution in [0.4, 0.5) is 4.79 Å². The lowest BCUT2D eigenvalue weighted by Gasteiger charge is -2.33. The molecule has 3 heterocycles. The molecule has 1 fully saturated rings. The van der Waals surface area contributed by atoms with E-state index >= 15 is 0 Å². The number of amides is 2. The topological polar surface area (TPSA) is 129 Å². The predicted molar refractivity (Wildman–Crippen MR) is 91.9 cm³/mol. The standard InChI is InChI=1S/C16H19N7O3/c1-22(16(25)26)10-4-2-9(3-5-10)20-15(24)11-6-17-14-13(11)23-8-19-21-12(23)7-18-14/h6-10,17H,2-5H2,1H3,(H,20,24)(H,25,26). The van der Waals surface area contributed by atoms with Crippen LogP contribution in [-0.4, -0.2) is 65.7 Å². The smallest absolute Gasteiger partial charge is 0.407 e. The van der Waals surface area contributed by atoms with E-state index in [1.807, 2.05) is 0 Å². The Hall–Kier alpha value is -3.17. The van der Waals surface area contributed by atoms with Crippen molar-refractivity contribution in [2.75, 3.05) is 7.05 Å². The molecule has 2 amide bonds. The van der Waals surface area contributed by atoms with Crippen LogP contribution < -0.4 is 5.32 Å². The highest BCUT2D eigenvalue weighted by molar-refractivity contribution is 6.05. The number of carboxylic acid groups (broad SMARTS) is 1. The fraction of sp³-hybridized carbons (Fsp3) is 0.438. The van der Waals surface area contributed by atoms with Crippen LogP contribution in [0.5, 0.6) is 0 Å². The molecule has 3 aromatic heterocycles. The monoisotopic (exact) mass is 357 g/mol. The van der Waals surface area contributed by atoms with E-state index in [9.17, 15) is 9.59 Å². The van der Waals surface area contributed by atoms with E-state index in [1.54, 1.807) is 30.2 Å². The zero-order valence-corrected chi connectivity index (χ0v) is 14.2. The number of nitrogens with zero attached hydrogens (tertiary/aromatic N) is 5. The number of aromatic amines is 1. The van der Waals surface area contributed by atoms with Gasteiger partial charge in [-0.15, -0.1) is 10.2 Å². The maximum Gasteiger partial charge on any atom is 0.407 e. The molecule has 0 aliphatic heterocycles. The molecular weight excluding hydrogens is 338 g/mol. The number of hydrogen-bond donors (Lipinski definition) is 3. The minimum atomic E-state index is -0.915. The molecule has 1 aliphatic carbocycles. The van der Waals surface area contributed by atoms with Gasteiger partial charge in [-0.05, 0) is 25.7 Å². The van der Waals surface area contributed by atoms with Crippen molar-refractivity contribution in [3.05, 3.63) is 24.3 Å². The minimum Gasteiger partial charge on any atom is -0.465 e. The highest BCUT2D eigenvalue weighted by Crippen LogP contribution is 2.24. The van der Waals surface area contributed by atoms with Crippen molar-refractivity contribution in [1.29, 1.82) is 0 Å². The Morgan fingerprint density at radius 3 is 2.85 bits per heavy atom. The van der Waals surface area contributed by atoms with Crippen LogP contribution >= 0.6 is 0 Å². The normalized spacial score (nSPS) is 20.3.